The van der Waals surface area contributed by atoms with Gasteiger partial charge in [0.25, 0.3) is 0 Å². The van der Waals surface area contributed by atoms with Gasteiger partial charge < -0.3 is 5.32 Å². The van der Waals surface area contributed by atoms with Gasteiger partial charge in [-0.1, -0.05) is 12.1 Å². The molecule has 2 aromatic rings. The number of carbonyl (C=O) groups is 1. The van der Waals surface area contributed by atoms with Crippen LogP contribution in [0.25, 0.3) is 11.4 Å². The van der Waals surface area contributed by atoms with Crippen LogP contribution < -0.4 is 5.32 Å². The van der Waals surface area contributed by atoms with Gasteiger partial charge >= 0.3 is 0 Å². The summed E-state index contributed by atoms with van der Waals surface area (Å²) in [7, 11) is 1.83. The van der Waals surface area contributed by atoms with Gasteiger partial charge in [0.2, 0.25) is 5.91 Å². The summed E-state index contributed by atoms with van der Waals surface area (Å²) in [6.45, 7) is 0. The lowest BCUT2D eigenvalue weighted by Crippen LogP contribution is -2.11. The molecule has 0 aliphatic heterocycles. The summed E-state index contributed by atoms with van der Waals surface area (Å²) >= 11 is 0. The molecule has 3 rings (SSSR count). The molecule has 0 atom stereocenters. The number of hydrogen-bond acceptors (Lipinski definition) is 3. The second kappa shape index (κ2) is 4.84. The van der Waals surface area contributed by atoms with E-state index in [1.165, 1.54) is 12.8 Å². The first-order chi connectivity index (χ1) is 9.20. The van der Waals surface area contributed by atoms with Gasteiger partial charge in [-0.15, -0.1) is 0 Å². The van der Waals surface area contributed by atoms with E-state index in [1.807, 2.05) is 31.3 Å². The average Bonchev–Trinajstić information content (AvgIpc) is 3.08. The van der Waals surface area contributed by atoms with Crippen LogP contribution in [0.2, 0.25) is 0 Å². The van der Waals surface area contributed by atoms with E-state index in [0.717, 1.165) is 11.3 Å². The molecule has 5 nitrogen and oxygen atoms in total. The molecule has 0 bridgehead atoms. The van der Waals surface area contributed by atoms with Crippen molar-refractivity contribution in [2.75, 3.05) is 5.32 Å². The van der Waals surface area contributed by atoms with Crippen LogP contribution in [0.5, 0.6) is 0 Å². The van der Waals surface area contributed by atoms with Crippen molar-refractivity contribution in [3.8, 4) is 11.4 Å². The van der Waals surface area contributed by atoms with Crippen molar-refractivity contribution in [1.82, 2.24) is 14.8 Å². The van der Waals surface area contributed by atoms with Crippen molar-refractivity contribution >= 4 is 11.6 Å². The van der Waals surface area contributed by atoms with Crippen LogP contribution in [0, 0.1) is 5.92 Å². The Morgan fingerprint density at radius 3 is 3.00 bits per heavy atom. The molecule has 1 heterocycles. The third kappa shape index (κ3) is 2.99. The van der Waals surface area contributed by atoms with Gasteiger partial charge in [-0.05, 0) is 30.9 Å². The predicted molar refractivity (Wildman–Crippen MR) is 72.4 cm³/mol. The number of rotatable bonds is 4. The minimum atomic E-state index is 0.0913. The molecule has 19 heavy (non-hydrogen) atoms. The number of aryl methyl sites for hydroxylation is 1. The molecule has 5 heteroatoms. The van der Waals surface area contributed by atoms with Crippen LogP contribution in [0.1, 0.15) is 19.3 Å². The van der Waals surface area contributed by atoms with Gasteiger partial charge in [0.1, 0.15) is 6.33 Å². The Morgan fingerprint density at radius 2 is 2.32 bits per heavy atom. The second-order valence-electron chi connectivity index (χ2n) is 5.02. The van der Waals surface area contributed by atoms with E-state index in [4.69, 9.17) is 0 Å². The Labute approximate surface area is 111 Å². The average molecular weight is 256 g/mol. The molecular weight excluding hydrogens is 240 g/mol. The summed E-state index contributed by atoms with van der Waals surface area (Å²) in [5, 5.41) is 7.18. The van der Waals surface area contributed by atoms with Crippen molar-refractivity contribution < 1.29 is 4.79 Å². The topological polar surface area (TPSA) is 59.8 Å². The van der Waals surface area contributed by atoms with E-state index >= 15 is 0 Å². The van der Waals surface area contributed by atoms with Crippen molar-refractivity contribution in [1.29, 1.82) is 0 Å². The molecule has 1 aliphatic rings. The molecule has 0 radical (unpaired) electrons. The number of nitrogens with one attached hydrogen (secondary N) is 1. The van der Waals surface area contributed by atoms with Gasteiger partial charge in [-0.2, -0.15) is 5.10 Å². The molecule has 1 saturated carbocycles. The summed E-state index contributed by atoms with van der Waals surface area (Å²) in [5.74, 6) is 1.36. The zero-order valence-corrected chi connectivity index (χ0v) is 10.8. The number of benzene rings is 1. The van der Waals surface area contributed by atoms with Crippen molar-refractivity contribution in [3.05, 3.63) is 30.6 Å². The number of carbonyl (C=O) groups excluding carboxylic acids is 1. The smallest absolute Gasteiger partial charge is 0.224 e. The molecule has 0 spiro atoms. The number of amides is 1. The number of anilines is 1. The molecular formula is C14H16N4O. The lowest BCUT2D eigenvalue weighted by molar-refractivity contribution is -0.116. The van der Waals surface area contributed by atoms with Crippen LogP contribution in [-0.4, -0.2) is 20.7 Å². The standard InChI is InChI=1S/C14H16N4O/c1-18-9-15-14(17-18)11-3-2-4-12(8-11)16-13(19)7-10-5-6-10/h2-4,8-10H,5-7H2,1H3,(H,16,19). The third-order valence-corrected chi connectivity index (χ3v) is 3.18. The number of aromatic nitrogens is 3. The fourth-order valence-electron chi connectivity index (χ4n) is 2.00. The molecule has 98 valence electrons. The van der Waals surface area contributed by atoms with Crippen molar-refractivity contribution in [2.24, 2.45) is 13.0 Å². The zero-order chi connectivity index (χ0) is 13.2. The maximum absolute atomic E-state index is 11.8. The molecule has 1 N–H and O–H groups in total. The Balaban J connectivity index is 1.73. The maximum atomic E-state index is 11.8. The van der Waals surface area contributed by atoms with E-state index in [1.54, 1.807) is 11.0 Å². The molecule has 1 aromatic carbocycles. The first-order valence-corrected chi connectivity index (χ1v) is 6.46. The van der Waals surface area contributed by atoms with E-state index in [9.17, 15) is 4.79 Å². The van der Waals surface area contributed by atoms with Gasteiger partial charge in [-0.25, -0.2) is 4.98 Å². The van der Waals surface area contributed by atoms with Crippen LogP contribution >= 0.6 is 0 Å². The summed E-state index contributed by atoms with van der Waals surface area (Å²) in [6, 6.07) is 7.63. The molecule has 0 unspecified atom stereocenters. The van der Waals surface area contributed by atoms with Crippen molar-refractivity contribution in [3.63, 3.8) is 0 Å². The van der Waals surface area contributed by atoms with Crippen LogP contribution in [-0.2, 0) is 11.8 Å². The van der Waals surface area contributed by atoms with Gasteiger partial charge in [-0.3, -0.25) is 9.48 Å². The summed E-state index contributed by atoms with van der Waals surface area (Å²) < 4.78 is 1.66. The summed E-state index contributed by atoms with van der Waals surface area (Å²) in [4.78, 5) is 16.0. The van der Waals surface area contributed by atoms with Gasteiger partial charge in [0.15, 0.2) is 5.82 Å². The zero-order valence-electron chi connectivity index (χ0n) is 10.8. The maximum Gasteiger partial charge on any atom is 0.224 e. The van der Waals surface area contributed by atoms with Gasteiger partial charge in [0.05, 0.1) is 0 Å². The Morgan fingerprint density at radius 1 is 1.47 bits per heavy atom. The van der Waals surface area contributed by atoms with E-state index in [0.29, 0.717) is 18.2 Å². The quantitative estimate of drug-likeness (QED) is 0.912. The second-order valence-corrected chi connectivity index (χ2v) is 5.02. The van der Waals surface area contributed by atoms with E-state index in [-0.39, 0.29) is 5.91 Å². The SMILES string of the molecule is Cn1cnc(-c2cccc(NC(=O)CC3CC3)c2)n1. The molecule has 1 aliphatic carbocycles. The Bertz CT molecular complexity index is 601. The van der Waals surface area contributed by atoms with Crippen LogP contribution in [0.4, 0.5) is 5.69 Å². The highest BCUT2D eigenvalue weighted by Crippen LogP contribution is 2.32. The minimum Gasteiger partial charge on any atom is -0.326 e. The lowest BCUT2D eigenvalue weighted by atomic mass is 10.2. The summed E-state index contributed by atoms with van der Waals surface area (Å²) in [6.07, 6.45) is 4.66. The molecule has 1 fully saturated rings. The third-order valence-electron chi connectivity index (χ3n) is 3.18. The number of nitrogens with zero attached hydrogens (tertiary/aromatic N) is 3. The minimum absolute atomic E-state index is 0.0913. The highest BCUT2D eigenvalue weighted by molar-refractivity contribution is 5.91. The Kier molecular flexibility index (Phi) is 3.03. The highest BCUT2D eigenvalue weighted by Gasteiger charge is 2.24. The molecule has 1 amide bonds. The molecule has 0 saturated heterocycles. The van der Waals surface area contributed by atoms with Crippen molar-refractivity contribution in [2.45, 2.75) is 19.3 Å². The Hall–Kier alpha value is -2.17. The predicted octanol–water partition coefficient (Wildman–Crippen LogP) is 2.22. The first-order valence-electron chi connectivity index (χ1n) is 6.46. The summed E-state index contributed by atoms with van der Waals surface area (Å²) in [5.41, 5.74) is 1.71. The monoisotopic (exact) mass is 256 g/mol. The number of hydrogen-bond donors (Lipinski definition) is 1. The van der Waals surface area contributed by atoms with Crippen LogP contribution in [0.15, 0.2) is 30.6 Å². The normalized spacial score (nSPS) is 14.4. The van der Waals surface area contributed by atoms with E-state index < -0.39 is 0 Å². The fourth-order valence-corrected chi connectivity index (χ4v) is 2.00. The molecule has 1 aromatic heterocycles. The van der Waals surface area contributed by atoms with E-state index in [2.05, 4.69) is 15.4 Å². The van der Waals surface area contributed by atoms with Gasteiger partial charge in [0, 0.05) is 24.7 Å². The highest BCUT2D eigenvalue weighted by atomic mass is 16.1. The fraction of sp³-hybridized carbons (Fsp3) is 0.357. The first kappa shape index (κ1) is 11.9. The lowest BCUT2D eigenvalue weighted by Gasteiger charge is -2.05. The van der Waals surface area contributed by atoms with Crippen LogP contribution in [0.3, 0.4) is 0 Å². The largest absolute Gasteiger partial charge is 0.326 e.